The highest BCUT2D eigenvalue weighted by Crippen LogP contribution is 2.20. The van der Waals surface area contributed by atoms with Crippen molar-refractivity contribution in [2.24, 2.45) is 0 Å². The number of rotatable bonds is 7. The van der Waals surface area contributed by atoms with E-state index < -0.39 is 0 Å². The number of benzene rings is 2. The molecule has 0 saturated carbocycles. The summed E-state index contributed by atoms with van der Waals surface area (Å²) in [5.74, 6) is 0.887. The molecule has 4 rings (SSSR count). The number of ether oxygens (including phenoxy) is 1. The molecule has 158 valence electrons. The van der Waals surface area contributed by atoms with E-state index in [1.165, 1.54) is 11.8 Å². The van der Waals surface area contributed by atoms with Crippen molar-refractivity contribution >= 4 is 23.2 Å². The van der Waals surface area contributed by atoms with E-state index in [0.717, 1.165) is 22.6 Å². The van der Waals surface area contributed by atoms with Crippen molar-refractivity contribution in [1.82, 2.24) is 19.2 Å². The van der Waals surface area contributed by atoms with Gasteiger partial charge in [0.1, 0.15) is 5.75 Å². The predicted molar refractivity (Wildman–Crippen MR) is 121 cm³/mol. The van der Waals surface area contributed by atoms with Crippen molar-refractivity contribution in [2.45, 2.75) is 25.9 Å². The lowest BCUT2D eigenvalue weighted by Crippen LogP contribution is -2.20. The molecule has 0 radical (unpaired) electrons. The van der Waals surface area contributed by atoms with E-state index in [1.54, 1.807) is 45.6 Å². The van der Waals surface area contributed by atoms with E-state index in [4.69, 9.17) is 4.74 Å². The van der Waals surface area contributed by atoms with Crippen LogP contribution in [0.4, 0.5) is 0 Å². The van der Waals surface area contributed by atoms with Crippen LogP contribution in [0, 0.1) is 13.8 Å². The molecule has 0 saturated heterocycles. The highest BCUT2D eigenvalue weighted by molar-refractivity contribution is 7.99. The Labute approximate surface area is 183 Å². The Morgan fingerprint density at radius 2 is 1.74 bits per heavy atom. The number of aromatic nitrogens is 4. The number of hydrogen-bond donors (Lipinski definition) is 0. The van der Waals surface area contributed by atoms with Crippen LogP contribution in [0.1, 0.15) is 28.4 Å². The third kappa shape index (κ3) is 4.39. The molecule has 0 N–H and O–H groups in total. The Kier molecular flexibility index (Phi) is 5.90. The summed E-state index contributed by atoms with van der Waals surface area (Å²) in [4.78, 5) is 25.5. The molecule has 0 atom stereocenters. The smallest absolute Gasteiger partial charge is 0.300 e. The molecule has 0 bridgehead atoms. The first-order valence-electron chi connectivity index (χ1n) is 9.90. The van der Waals surface area contributed by atoms with Gasteiger partial charge in [0.2, 0.25) is 5.65 Å². The lowest BCUT2D eigenvalue weighted by atomic mass is 10.1. The second-order valence-electron chi connectivity index (χ2n) is 7.16. The summed E-state index contributed by atoms with van der Waals surface area (Å²) in [5, 5.41) is 8.68. The van der Waals surface area contributed by atoms with Gasteiger partial charge < -0.3 is 4.74 Å². The molecule has 7 nitrogen and oxygen atoms in total. The van der Waals surface area contributed by atoms with Crippen LogP contribution in [-0.2, 0) is 0 Å². The number of thioether (sulfide) groups is 1. The molecule has 2 aromatic heterocycles. The molecule has 8 heteroatoms. The summed E-state index contributed by atoms with van der Waals surface area (Å²) in [5.41, 5.74) is 3.50. The maximum atomic E-state index is 13.0. The number of fused-ring (bicyclic) bond motifs is 1. The normalized spacial score (nSPS) is 11.1. The highest BCUT2D eigenvalue weighted by Gasteiger charge is 2.14. The van der Waals surface area contributed by atoms with Crippen LogP contribution in [-0.4, -0.2) is 37.3 Å². The molecule has 0 fully saturated rings. The fourth-order valence-corrected chi connectivity index (χ4v) is 4.19. The minimum atomic E-state index is -0.260. The molecule has 2 aromatic carbocycles. The number of aryl methyl sites for hydroxylation is 2. The van der Waals surface area contributed by atoms with Gasteiger partial charge in [-0.2, -0.15) is 0 Å². The Balaban J connectivity index is 1.55. The van der Waals surface area contributed by atoms with Crippen LogP contribution in [0.3, 0.4) is 0 Å². The van der Waals surface area contributed by atoms with Gasteiger partial charge in [-0.1, -0.05) is 17.8 Å². The van der Waals surface area contributed by atoms with Crippen LogP contribution in [0.5, 0.6) is 5.75 Å². The topological polar surface area (TPSA) is 78.5 Å². The van der Waals surface area contributed by atoms with Gasteiger partial charge in [0.05, 0.1) is 12.4 Å². The van der Waals surface area contributed by atoms with Gasteiger partial charge in [0.15, 0.2) is 10.9 Å². The van der Waals surface area contributed by atoms with Gasteiger partial charge in [0, 0.05) is 23.6 Å². The summed E-state index contributed by atoms with van der Waals surface area (Å²) in [6.07, 6.45) is 3.45. The van der Waals surface area contributed by atoms with Crippen LogP contribution >= 0.6 is 11.8 Å². The van der Waals surface area contributed by atoms with Gasteiger partial charge in [-0.05, 0) is 68.3 Å². The monoisotopic (exact) mass is 434 g/mol. The zero-order valence-electron chi connectivity index (χ0n) is 17.5. The van der Waals surface area contributed by atoms with Crippen molar-refractivity contribution in [3.8, 4) is 11.4 Å². The molecule has 0 spiro atoms. The van der Waals surface area contributed by atoms with Crippen LogP contribution < -0.4 is 10.3 Å². The number of Topliss-reactive ketones (excluding diaryl/α,β-unsaturated/α-hetero) is 1. The first-order valence-corrected chi connectivity index (χ1v) is 10.9. The van der Waals surface area contributed by atoms with Crippen molar-refractivity contribution < 1.29 is 9.53 Å². The molecular weight excluding hydrogens is 412 g/mol. The predicted octanol–water partition coefficient (Wildman–Crippen LogP) is 3.87. The Morgan fingerprint density at radius 1 is 1.03 bits per heavy atom. The summed E-state index contributed by atoms with van der Waals surface area (Å²) in [6.45, 7) is 6.48. The molecular formula is C23H22N4O3S. The fourth-order valence-electron chi connectivity index (χ4n) is 3.37. The van der Waals surface area contributed by atoms with Crippen molar-refractivity contribution in [2.75, 3.05) is 12.4 Å². The summed E-state index contributed by atoms with van der Waals surface area (Å²) < 4.78 is 8.59. The lowest BCUT2D eigenvalue weighted by molar-refractivity contribution is 0.102. The molecule has 0 aliphatic carbocycles. The second kappa shape index (κ2) is 8.77. The third-order valence-corrected chi connectivity index (χ3v) is 5.69. The third-order valence-electron chi connectivity index (χ3n) is 4.74. The summed E-state index contributed by atoms with van der Waals surface area (Å²) in [6, 6.07) is 13.0. The van der Waals surface area contributed by atoms with Gasteiger partial charge in [-0.25, -0.2) is 0 Å². The largest absolute Gasteiger partial charge is 0.494 e. The first-order chi connectivity index (χ1) is 15.0. The van der Waals surface area contributed by atoms with Crippen LogP contribution in [0.15, 0.2) is 64.8 Å². The maximum Gasteiger partial charge on any atom is 0.300 e. The van der Waals surface area contributed by atoms with E-state index in [-0.39, 0.29) is 22.7 Å². The van der Waals surface area contributed by atoms with Crippen LogP contribution in [0.2, 0.25) is 0 Å². The Hall–Kier alpha value is -3.39. The van der Waals surface area contributed by atoms with Crippen LogP contribution in [0.25, 0.3) is 11.3 Å². The second-order valence-corrected chi connectivity index (χ2v) is 8.11. The molecule has 0 aliphatic rings. The lowest BCUT2D eigenvalue weighted by Gasteiger charge is -2.08. The minimum Gasteiger partial charge on any atom is -0.494 e. The molecule has 2 heterocycles. The van der Waals surface area contributed by atoms with E-state index in [1.807, 2.05) is 32.9 Å². The average molecular weight is 435 g/mol. The van der Waals surface area contributed by atoms with Gasteiger partial charge in [-0.3, -0.25) is 18.6 Å². The molecule has 31 heavy (non-hydrogen) atoms. The summed E-state index contributed by atoms with van der Waals surface area (Å²) >= 11 is 1.25. The highest BCUT2D eigenvalue weighted by atomic mass is 32.2. The number of ketones is 1. The molecule has 0 amide bonds. The van der Waals surface area contributed by atoms with E-state index in [2.05, 4.69) is 16.3 Å². The number of carbonyl (C=O) groups excluding carboxylic acids is 1. The minimum absolute atomic E-state index is 0.0339. The van der Waals surface area contributed by atoms with Gasteiger partial charge in [0.25, 0.3) is 0 Å². The van der Waals surface area contributed by atoms with Crippen molar-refractivity contribution in [1.29, 1.82) is 0 Å². The summed E-state index contributed by atoms with van der Waals surface area (Å²) in [7, 11) is 0. The maximum absolute atomic E-state index is 13.0. The number of hydrogen-bond acceptors (Lipinski definition) is 6. The molecule has 0 unspecified atom stereocenters. The van der Waals surface area contributed by atoms with E-state index in [9.17, 15) is 9.59 Å². The zero-order chi connectivity index (χ0) is 22.0. The standard InChI is InChI=1S/C23H22N4O3S/c1-4-30-19-7-5-17(6-8-19)20(28)14-31-23-25-24-21-22(29)26(9-10-27(21)23)18-12-15(2)11-16(3)13-18/h5-13H,4,14H2,1-3H3. The number of carbonyl (C=O) groups is 1. The van der Waals surface area contributed by atoms with E-state index in [0.29, 0.717) is 17.3 Å². The molecule has 0 aliphatic heterocycles. The Morgan fingerprint density at radius 3 is 2.42 bits per heavy atom. The van der Waals surface area contributed by atoms with Gasteiger partial charge in [-0.15, -0.1) is 10.2 Å². The van der Waals surface area contributed by atoms with Crippen molar-refractivity contribution in [3.05, 3.63) is 81.9 Å². The van der Waals surface area contributed by atoms with Crippen molar-refractivity contribution in [3.63, 3.8) is 0 Å². The fraction of sp³-hybridized carbons (Fsp3) is 0.217. The molecule has 4 aromatic rings. The quantitative estimate of drug-likeness (QED) is 0.325. The van der Waals surface area contributed by atoms with Gasteiger partial charge >= 0.3 is 5.56 Å². The SMILES string of the molecule is CCOc1ccc(C(=O)CSc2nnc3c(=O)n(-c4cc(C)cc(C)c4)ccn23)cc1. The van der Waals surface area contributed by atoms with E-state index >= 15 is 0 Å². The first kappa shape index (κ1) is 20.9. The number of nitrogens with zero attached hydrogens (tertiary/aromatic N) is 4. The Bertz CT molecular complexity index is 1290. The average Bonchev–Trinajstić information content (AvgIpc) is 3.16. The zero-order valence-corrected chi connectivity index (χ0v) is 18.3.